The Kier molecular flexibility index (Phi) is 10.7. The summed E-state index contributed by atoms with van der Waals surface area (Å²) in [5, 5.41) is 18.4. The number of aliphatic hydroxyl groups is 1. The molecule has 2 N–H and O–H groups in total. The van der Waals surface area contributed by atoms with Gasteiger partial charge in [0.05, 0.1) is 12.2 Å². The lowest BCUT2D eigenvalue weighted by Crippen LogP contribution is -1.98. The minimum absolute atomic E-state index is 0.190. The Morgan fingerprint density at radius 3 is 2.65 bits per heavy atom. The monoisotopic (exact) mass is 324 g/mol. The lowest BCUT2D eigenvalue weighted by Gasteiger charge is -1.98. The van der Waals surface area contributed by atoms with Crippen molar-refractivity contribution >= 4 is 5.97 Å². The number of allylic oxidation sites excluding steroid dienone is 1. The van der Waals surface area contributed by atoms with E-state index in [1.165, 1.54) is 25.7 Å². The van der Waals surface area contributed by atoms with Gasteiger partial charge in [-0.05, 0) is 25.7 Å². The summed E-state index contributed by atoms with van der Waals surface area (Å²) in [6.07, 6.45) is 17.4. The van der Waals surface area contributed by atoms with E-state index in [4.69, 9.17) is 9.84 Å². The predicted molar refractivity (Wildman–Crippen MR) is 92.4 cm³/mol. The van der Waals surface area contributed by atoms with Crippen molar-refractivity contribution in [2.45, 2.75) is 89.4 Å². The van der Waals surface area contributed by atoms with Crippen LogP contribution >= 0.6 is 0 Å². The number of rotatable bonds is 14. The fourth-order valence-corrected chi connectivity index (χ4v) is 2.57. The van der Waals surface area contributed by atoms with E-state index in [0.29, 0.717) is 6.10 Å². The van der Waals surface area contributed by atoms with Crippen LogP contribution in [0.1, 0.15) is 71.1 Å². The van der Waals surface area contributed by atoms with Gasteiger partial charge in [0, 0.05) is 6.42 Å². The summed E-state index contributed by atoms with van der Waals surface area (Å²) in [6.45, 7) is 2.21. The maximum atomic E-state index is 10.4. The topological polar surface area (TPSA) is 70.1 Å². The molecule has 0 aromatic heterocycles. The van der Waals surface area contributed by atoms with Crippen LogP contribution in [0.25, 0.3) is 0 Å². The SMILES string of the molecule is CCCCCC[C@H]1O[C@H]1/C=C/[C@@H](O)/C=C/CCCCCC(=O)O. The third-order valence-electron chi connectivity index (χ3n) is 4.06. The zero-order chi connectivity index (χ0) is 16.9. The molecule has 0 aromatic carbocycles. The normalized spacial score (nSPS) is 22.0. The molecular formula is C19H32O4. The Hall–Kier alpha value is -1.13. The van der Waals surface area contributed by atoms with Gasteiger partial charge in [-0.25, -0.2) is 0 Å². The zero-order valence-electron chi connectivity index (χ0n) is 14.3. The van der Waals surface area contributed by atoms with Gasteiger partial charge in [-0.2, -0.15) is 0 Å². The van der Waals surface area contributed by atoms with Gasteiger partial charge in [0.2, 0.25) is 0 Å². The van der Waals surface area contributed by atoms with E-state index < -0.39 is 12.1 Å². The van der Waals surface area contributed by atoms with Crippen molar-refractivity contribution in [2.24, 2.45) is 0 Å². The largest absolute Gasteiger partial charge is 0.481 e. The van der Waals surface area contributed by atoms with Gasteiger partial charge in [-0.1, -0.05) is 63.3 Å². The number of aliphatic hydroxyl groups excluding tert-OH is 1. The molecule has 4 nitrogen and oxygen atoms in total. The molecule has 0 bridgehead atoms. The lowest BCUT2D eigenvalue weighted by atomic mass is 10.1. The summed E-state index contributed by atoms with van der Waals surface area (Å²) in [6, 6.07) is 0. The minimum atomic E-state index is -0.730. The van der Waals surface area contributed by atoms with Crippen LogP contribution in [0.3, 0.4) is 0 Å². The van der Waals surface area contributed by atoms with Crippen LogP contribution < -0.4 is 0 Å². The predicted octanol–water partition coefficient (Wildman–Crippen LogP) is 4.23. The summed E-state index contributed by atoms with van der Waals surface area (Å²) < 4.78 is 5.57. The molecule has 1 heterocycles. The quantitative estimate of drug-likeness (QED) is 0.285. The molecule has 0 unspecified atom stereocenters. The van der Waals surface area contributed by atoms with Crippen LogP contribution in [-0.4, -0.2) is 34.5 Å². The molecule has 1 fully saturated rings. The number of carboxylic acids is 1. The molecule has 1 aliphatic rings. The summed E-state index contributed by atoms with van der Waals surface area (Å²) >= 11 is 0. The van der Waals surface area contributed by atoms with E-state index in [0.717, 1.165) is 32.1 Å². The van der Waals surface area contributed by atoms with Crippen LogP contribution in [0.15, 0.2) is 24.3 Å². The fraction of sp³-hybridized carbons (Fsp3) is 0.737. The average Bonchev–Trinajstić information content (AvgIpc) is 3.27. The van der Waals surface area contributed by atoms with Gasteiger partial charge < -0.3 is 14.9 Å². The molecule has 0 aliphatic carbocycles. The van der Waals surface area contributed by atoms with Crippen molar-refractivity contribution in [1.29, 1.82) is 0 Å². The number of aliphatic carboxylic acids is 1. The van der Waals surface area contributed by atoms with Gasteiger partial charge >= 0.3 is 5.97 Å². The highest BCUT2D eigenvalue weighted by Crippen LogP contribution is 2.28. The van der Waals surface area contributed by atoms with Crippen molar-refractivity contribution in [3.8, 4) is 0 Å². The minimum Gasteiger partial charge on any atom is -0.481 e. The van der Waals surface area contributed by atoms with Crippen molar-refractivity contribution in [3.63, 3.8) is 0 Å². The van der Waals surface area contributed by atoms with Crippen LogP contribution in [0, 0.1) is 0 Å². The third kappa shape index (κ3) is 11.1. The molecule has 23 heavy (non-hydrogen) atoms. The van der Waals surface area contributed by atoms with E-state index in [-0.39, 0.29) is 12.5 Å². The molecule has 3 atom stereocenters. The Morgan fingerprint density at radius 2 is 1.91 bits per heavy atom. The first-order valence-corrected chi connectivity index (χ1v) is 9.03. The summed E-state index contributed by atoms with van der Waals surface area (Å²) in [5.41, 5.74) is 0. The zero-order valence-corrected chi connectivity index (χ0v) is 14.3. The lowest BCUT2D eigenvalue weighted by molar-refractivity contribution is -0.137. The van der Waals surface area contributed by atoms with Gasteiger partial charge in [-0.3, -0.25) is 4.79 Å². The van der Waals surface area contributed by atoms with E-state index in [2.05, 4.69) is 6.92 Å². The second-order valence-corrected chi connectivity index (χ2v) is 6.29. The Labute approximate surface area is 140 Å². The van der Waals surface area contributed by atoms with Crippen molar-refractivity contribution in [1.82, 2.24) is 0 Å². The molecule has 1 rings (SSSR count). The van der Waals surface area contributed by atoms with Crippen LogP contribution in [-0.2, 0) is 9.53 Å². The fourth-order valence-electron chi connectivity index (χ4n) is 2.57. The smallest absolute Gasteiger partial charge is 0.303 e. The van der Waals surface area contributed by atoms with E-state index in [1.807, 2.05) is 12.2 Å². The number of unbranched alkanes of at least 4 members (excludes halogenated alkanes) is 6. The maximum absolute atomic E-state index is 10.4. The Bertz CT molecular complexity index is 376. The molecule has 4 heteroatoms. The number of carbonyl (C=O) groups is 1. The van der Waals surface area contributed by atoms with Crippen molar-refractivity contribution in [2.75, 3.05) is 0 Å². The summed E-state index contributed by atoms with van der Waals surface area (Å²) in [7, 11) is 0. The molecule has 0 spiro atoms. The summed E-state index contributed by atoms with van der Waals surface area (Å²) in [4.78, 5) is 10.4. The Morgan fingerprint density at radius 1 is 1.13 bits per heavy atom. The molecule has 0 saturated carbocycles. The highest BCUT2D eigenvalue weighted by atomic mass is 16.6. The van der Waals surface area contributed by atoms with Crippen LogP contribution in [0.2, 0.25) is 0 Å². The molecule has 1 aliphatic heterocycles. The highest BCUT2D eigenvalue weighted by Gasteiger charge is 2.35. The first-order valence-electron chi connectivity index (χ1n) is 9.03. The number of carboxylic acid groups (broad SMARTS) is 1. The van der Waals surface area contributed by atoms with Gasteiger partial charge in [0.25, 0.3) is 0 Å². The molecule has 1 saturated heterocycles. The van der Waals surface area contributed by atoms with E-state index >= 15 is 0 Å². The number of hydrogen-bond donors (Lipinski definition) is 2. The van der Waals surface area contributed by atoms with Crippen molar-refractivity contribution < 1.29 is 19.7 Å². The highest BCUT2D eigenvalue weighted by molar-refractivity contribution is 5.66. The molecule has 132 valence electrons. The van der Waals surface area contributed by atoms with Crippen molar-refractivity contribution in [3.05, 3.63) is 24.3 Å². The van der Waals surface area contributed by atoms with Crippen LogP contribution in [0.4, 0.5) is 0 Å². The van der Waals surface area contributed by atoms with Gasteiger partial charge in [0.1, 0.15) is 6.10 Å². The second-order valence-electron chi connectivity index (χ2n) is 6.29. The third-order valence-corrected chi connectivity index (χ3v) is 4.06. The maximum Gasteiger partial charge on any atom is 0.303 e. The molecule has 0 radical (unpaired) electrons. The number of epoxide rings is 1. The number of ether oxygens (including phenoxy) is 1. The molecule has 0 amide bonds. The summed E-state index contributed by atoms with van der Waals surface area (Å²) in [5.74, 6) is -0.730. The van der Waals surface area contributed by atoms with Crippen LogP contribution in [0.5, 0.6) is 0 Å². The van der Waals surface area contributed by atoms with Gasteiger partial charge in [-0.15, -0.1) is 0 Å². The van der Waals surface area contributed by atoms with E-state index in [1.54, 1.807) is 12.2 Å². The Balaban J connectivity index is 2.00. The first-order chi connectivity index (χ1) is 11.1. The van der Waals surface area contributed by atoms with Gasteiger partial charge in [0.15, 0.2) is 0 Å². The average molecular weight is 324 g/mol. The first kappa shape index (κ1) is 19.9. The number of hydrogen-bond acceptors (Lipinski definition) is 3. The second kappa shape index (κ2) is 12.3. The molecule has 0 aromatic rings. The standard InChI is InChI=1S/C19H32O4/c1-2-3-4-9-12-17-18(23-17)15-14-16(20)11-8-6-5-7-10-13-19(21)22/h8,11,14-18,20H,2-7,9-10,12-13H2,1H3,(H,21,22)/b11-8+,15-14+/t16-,17+,18-/m0/s1. The van der Waals surface area contributed by atoms with E-state index in [9.17, 15) is 9.90 Å². The molecular weight excluding hydrogens is 292 g/mol.